The molecule has 0 fully saturated rings. The Hall–Kier alpha value is -3.46. The minimum Gasteiger partial charge on any atom is -0.267 e. The molecule has 3 heteroatoms. The van der Waals surface area contributed by atoms with Crippen molar-refractivity contribution in [3.63, 3.8) is 0 Å². The van der Waals surface area contributed by atoms with Gasteiger partial charge < -0.3 is 0 Å². The molecule has 0 aliphatic carbocycles. The van der Waals surface area contributed by atoms with E-state index in [1.54, 1.807) is 6.07 Å². The van der Waals surface area contributed by atoms with Gasteiger partial charge in [-0.2, -0.15) is 9.78 Å². The molecule has 4 rings (SSSR count). The Labute approximate surface area is 145 Å². The van der Waals surface area contributed by atoms with Gasteiger partial charge in [0.2, 0.25) is 0 Å². The first-order valence-corrected chi connectivity index (χ1v) is 8.13. The van der Waals surface area contributed by atoms with Crippen LogP contribution in [0.25, 0.3) is 28.1 Å². The van der Waals surface area contributed by atoms with E-state index in [4.69, 9.17) is 5.10 Å². The smallest absolute Gasteiger partial charge is 0.267 e. The second-order valence-electron chi connectivity index (χ2n) is 5.72. The molecule has 3 aromatic carbocycles. The standard InChI is InChI=1S/C22H16N2O/c25-21-16-20(17-10-4-1-5-11-17)22(18-12-6-2-7-13-18)23-24(21)19-14-8-3-9-15-19/h1-16H. The lowest BCUT2D eigenvalue weighted by Crippen LogP contribution is -2.21. The number of aromatic nitrogens is 2. The number of hydrogen-bond acceptors (Lipinski definition) is 2. The molecule has 0 amide bonds. The van der Waals surface area contributed by atoms with Crippen LogP contribution < -0.4 is 5.56 Å². The highest BCUT2D eigenvalue weighted by Gasteiger charge is 2.13. The fourth-order valence-corrected chi connectivity index (χ4v) is 2.86. The molecule has 0 atom stereocenters. The zero-order valence-corrected chi connectivity index (χ0v) is 13.5. The van der Waals surface area contributed by atoms with Gasteiger partial charge in [0.25, 0.3) is 5.56 Å². The quantitative estimate of drug-likeness (QED) is 0.553. The molecule has 0 N–H and O–H groups in total. The second kappa shape index (κ2) is 6.57. The third-order valence-corrected chi connectivity index (χ3v) is 4.06. The van der Waals surface area contributed by atoms with Gasteiger partial charge in [-0.15, -0.1) is 0 Å². The Morgan fingerprint density at radius 2 is 1.16 bits per heavy atom. The van der Waals surface area contributed by atoms with Crippen molar-refractivity contribution in [2.45, 2.75) is 0 Å². The maximum absolute atomic E-state index is 12.7. The van der Waals surface area contributed by atoms with Gasteiger partial charge in [0.1, 0.15) is 0 Å². The zero-order valence-electron chi connectivity index (χ0n) is 13.5. The van der Waals surface area contributed by atoms with E-state index < -0.39 is 0 Å². The van der Waals surface area contributed by atoms with Gasteiger partial charge >= 0.3 is 0 Å². The monoisotopic (exact) mass is 324 g/mol. The Balaban J connectivity index is 2.00. The molecule has 0 aliphatic heterocycles. The molecule has 0 radical (unpaired) electrons. The molecule has 0 saturated heterocycles. The largest absolute Gasteiger partial charge is 0.272 e. The fourth-order valence-electron chi connectivity index (χ4n) is 2.86. The summed E-state index contributed by atoms with van der Waals surface area (Å²) < 4.78 is 1.45. The predicted molar refractivity (Wildman–Crippen MR) is 101 cm³/mol. The minimum atomic E-state index is -0.148. The van der Waals surface area contributed by atoms with E-state index in [1.165, 1.54) is 4.68 Å². The van der Waals surface area contributed by atoms with Gasteiger partial charge in [0.15, 0.2) is 0 Å². The molecule has 0 spiro atoms. The third kappa shape index (κ3) is 3.00. The van der Waals surface area contributed by atoms with Gasteiger partial charge in [-0.25, -0.2) is 0 Å². The summed E-state index contributed by atoms with van der Waals surface area (Å²) >= 11 is 0. The highest BCUT2D eigenvalue weighted by Crippen LogP contribution is 2.29. The normalized spacial score (nSPS) is 10.6. The van der Waals surface area contributed by atoms with Gasteiger partial charge in [-0.05, 0) is 17.7 Å². The van der Waals surface area contributed by atoms with Gasteiger partial charge in [0, 0.05) is 17.2 Å². The lowest BCUT2D eigenvalue weighted by atomic mass is 10.0. The molecule has 0 unspecified atom stereocenters. The highest BCUT2D eigenvalue weighted by molar-refractivity contribution is 5.80. The van der Waals surface area contributed by atoms with Crippen LogP contribution in [0.4, 0.5) is 0 Å². The van der Waals surface area contributed by atoms with Crippen LogP contribution in [0.15, 0.2) is 102 Å². The number of rotatable bonds is 3. The molecule has 0 aliphatic rings. The summed E-state index contributed by atoms with van der Waals surface area (Å²) in [5.74, 6) is 0. The molecular weight excluding hydrogens is 308 g/mol. The molecule has 4 aromatic rings. The van der Waals surface area contributed by atoms with Crippen molar-refractivity contribution in [1.82, 2.24) is 9.78 Å². The molecule has 120 valence electrons. The molecule has 0 bridgehead atoms. The van der Waals surface area contributed by atoms with Crippen LogP contribution >= 0.6 is 0 Å². The maximum atomic E-state index is 12.7. The Morgan fingerprint density at radius 1 is 0.640 bits per heavy atom. The van der Waals surface area contributed by atoms with E-state index in [-0.39, 0.29) is 5.56 Å². The number of benzene rings is 3. The van der Waals surface area contributed by atoms with E-state index in [9.17, 15) is 4.79 Å². The summed E-state index contributed by atoms with van der Waals surface area (Å²) in [4.78, 5) is 12.7. The third-order valence-electron chi connectivity index (χ3n) is 4.06. The first kappa shape index (κ1) is 15.1. The van der Waals surface area contributed by atoms with Crippen molar-refractivity contribution in [2.75, 3.05) is 0 Å². The van der Waals surface area contributed by atoms with Gasteiger partial charge in [-0.3, -0.25) is 4.79 Å². The lowest BCUT2D eigenvalue weighted by molar-refractivity contribution is 0.814. The summed E-state index contributed by atoms with van der Waals surface area (Å²) in [5.41, 5.74) is 4.19. The van der Waals surface area contributed by atoms with Gasteiger partial charge in [0.05, 0.1) is 11.4 Å². The predicted octanol–water partition coefficient (Wildman–Crippen LogP) is 4.57. The molecule has 1 aromatic heterocycles. The lowest BCUT2D eigenvalue weighted by Gasteiger charge is -2.12. The SMILES string of the molecule is O=c1cc(-c2ccccc2)c(-c2ccccc2)nn1-c1ccccc1. The first-order chi connectivity index (χ1) is 12.3. The van der Waals surface area contributed by atoms with E-state index in [2.05, 4.69) is 0 Å². The molecular formula is C22H16N2O. The number of hydrogen-bond donors (Lipinski definition) is 0. The molecule has 1 heterocycles. The van der Waals surface area contributed by atoms with Crippen LogP contribution in [0, 0.1) is 0 Å². The Bertz CT molecular complexity index is 1040. The number of para-hydroxylation sites is 1. The van der Waals surface area contributed by atoms with Crippen LogP contribution in [-0.4, -0.2) is 9.78 Å². The maximum Gasteiger partial charge on any atom is 0.272 e. The van der Waals surface area contributed by atoms with Crippen LogP contribution in [0.2, 0.25) is 0 Å². The Kier molecular flexibility index (Phi) is 3.97. The topological polar surface area (TPSA) is 34.9 Å². The van der Waals surface area contributed by atoms with Crippen molar-refractivity contribution < 1.29 is 0 Å². The second-order valence-corrected chi connectivity index (χ2v) is 5.72. The summed E-state index contributed by atoms with van der Waals surface area (Å²) in [6, 6.07) is 31.0. The highest BCUT2D eigenvalue weighted by atomic mass is 16.1. The van der Waals surface area contributed by atoms with Crippen LogP contribution in [0.1, 0.15) is 0 Å². The van der Waals surface area contributed by atoms with Crippen LogP contribution in [0.5, 0.6) is 0 Å². The fraction of sp³-hybridized carbons (Fsp3) is 0. The van der Waals surface area contributed by atoms with Crippen LogP contribution in [0.3, 0.4) is 0 Å². The first-order valence-electron chi connectivity index (χ1n) is 8.13. The van der Waals surface area contributed by atoms with Crippen molar-refractivity contribution in [3.05, 3.63) is 107 Å². The average molecular weight is 324 g/mol. The van der Waals surface area contributed by atoms with E-state index in [0.717, 1.165) is 28.1 Å². The average Bonchev–Trinajstić information content (AvgIpc) is 2.70. The Morgan fingerprint density at radius 3 is 1.76 bits per heavy atom. The van der Waals surface area contributed by atoms with E-state index in [0.29, 0.717) is 0 Å². The summed E-state index contributed by atoms with van der Waals surface area (Å²) in [7, 11) is 0. The van der Waals surface area contributed by atoms with Crippen molar-refractivity contribution in [2.24, 2.45) is 0 Å². The minimum absolute atomic E-state index is 0.148. The molecule has 25 heavy (non-hydrogen) atoms. The number of nitrogens with zero attached hydrogens (tertiary/aromatic N) is 2. The molecule has 0 saturated carbocycles. The summed E-state index contributed by atoms with van der Waals surface area (Å²) in [5, 5.41) is 4.69. The van der Waals surface area contributed by atoms with E-state index >= 15 is 0 Å². The zero-order chi connectivity index (χ0) is 17.1. The summed E-state index contributed by atoms with van der Waals surface area (Å²) in [6.07, 6.45) is 0. The van der Waals surface area contributed by atoms with E-state index in [1.807, 2.05) is 91.0 Å². The van der Waals surface area contributed by atoms with Crippen molar-refractivity contribution in [3.8, 4) is 28.1 Å². The van der Waals surface area contributed by atoms with Crippen molar-refractivity contribution >= 4 is 0 Å². The van der Waals surface area contributed by atoms with Crippen LogP contribution in [-0.2, 0) is 0 Å². The molecule has 3 nitrogen and oxygen atoms in total. The van der Waals surface area contributed by atoms with Crippen molar-refractivity contribution in [1.29, 1.82) is 0 Å². The summed E-state index contributed by atoms with van der Waals surface area (Å²) in [6.45, 7) is 0. The van der Waals surface area contributed by atoms with Gasteiger partial charge in [-0.1, -0.05) is 78.9 Å².